The largest absolute Gasteiger partial charge is 0.480 e. The van der Waals surface area contributed by atoms with E-state index in [4.69, 9.17) is 28.3 Å². The molecule has 0 radical (unpaired) electrons. The van der Waals surface area contributed by atoms with Crippen LogP contribution in [0.4, 0.5) is 0 Å². The SMILES string of the molecule is O=C(O)CNC(=O)/C(=C/c1ccccc1)NC(=O)c1ccc(Cl)cc1Cl. The molecule has 2 aromatic rings. The summed E-state index contributed by atoms with van der Waals surface area (Å²) in [7, 11) is 0. The monoisotopic (exact) mass is 392 g/mol. The van der Waals surface area contributed by atoms with Crippen LogP contribution >= 0.6 is 23.2 Å². The molecule has 0 bridgehead atoms. The van der Waals surface area contributed by atoms with Gasteiger partial charge in [-0.3, -0.25) is 14.4 Å². The summed E-state index contributed by atoms with van der Waals surface area (Å²) in [5.74, 6) is -2.57. The van der Waals surface area contributed by atoms with Crippen molar-refractivity contribution in [1.29, 1.82) is 0 Å². The first kappa shape index (κ1) is 19.5. The van der Waals surface area contributed by atoms with Gasteiger partial charge in [0.1, 0.15) is 12.2 Å². The van der Waals surface area contributed by atoms with Gasteiger partial charge in [-0.1, -0.05) is 53.5 Å². The van der Waals surface area contributed by atoms with Gasteiger partial charge >= 0.3 is 5.97 Å². The number of benzene rings is 2. The quantitative estimate of drug-likeness (QED) is 0.658. The zero-order valence-corrected chi connectivity index (χ0v) is 14.8. The molecule has 134 valence electrons. The van der Waals surface area contributed by atoms with E-state index in [2.05, 4.69) is 10.6 Å². The van der Waals surface area contributed by atoms with Crippen LogP contribution in [0.15, 0.2) is 54.2 Å². The molecular weight excluding hydrogens is 379 g/mol. The van der Waals surface area contributed by atoms with Crippen LogP contribution in [0.1, 0.15) is 15.9 Å². The van der Waals surface area contributed by atoms with Gasteiger partial charge in [-0.25, -0.2) is 0 Å². The lowest BCUT2D eigenvalue weighted by Crippen LogP contribution is -2.37. The van der Waals surface area contributed by atoms with Crippen molar-refractivity contribution in [2.45, 2.75) is 0 Å². The van der Waals surface area contributed by atoms with E-state index in [1.165, 1.54) is 24.3 Å². The van der Waals surface area contributed by atoms with E-state index < -0.39 is 24.3 Å². The first-order chi connectivity index (χ1) is 12.4. The van der Waals surface area contributed by atoms with Gasteiger partial charge in [0.2, 0.25) is 0 Å². The van der Waals surface area contributed by atoms with Crippen LogP contribution < -0.4 is 10.6 Å². The molecule has 0 saturated heterocycles. The minimum Gasteiger partial charge on any atom is -0.480 e. The Balaban J connectivity index is 2.28. The third-order valence-electron chi connectivity index (χ3n) is 3.18. The lowest BCUT2D eigenvalue weighted by molar-refractivity contribution is -0.137. The second-order valence-electron chi connectivity index (χ2n) is 5.12. The zero-order valence-electron chi connectivity index (χ0n) is 13.3. The van der Waals surface area contributed by atoms with E-state index in [0.29, 0.717) is 10.6 Å². The van der Waals surface area contributed by atoms with Gasteiger partial charge in [0.15, 0.2) is 0 Å². The number of carboxylic acid groups (broad SMARTS) is 1. The Hall–Kier alpha value is -2.83. The fourth-order valence-electron chi connectivity index (χ4n) is 1.99. The number of carboxylic acids is 1. The predicted molar refractivity (Wildman–Crippen MR) is 99.0 cm³/mol. The van der Waals surface area contributed by atoms with Crippen LogP contribution in [-0.2, 0) is 9.59 Å². The summed E-state index contributed by atoms with van der Waals surface area (Å²) in [6.07, 6.45) is 1.43. The fourth-order valence-corrected chi connectivity index (χ4v) is 2.48. The highest BCUT2D eigenvalue weighted by atomic mass is 35.5. The van der Waals surface area contributed by atoms with Crippen molar-refractivity contribution in [2.75, 3.05) is 6.54 Å². The molecule has 0 aromatic heterocycles. The summed E-state index contributed by atoms with van der Waals surface area (Å²) < 4.78 is 0. The number of rotatable bonds is 6. The third kappa shape index (κ3) is 5.61. The molecule has 0 unspecified atom stereocenters. The second kappa shape index (κ2) is 9.03. The Morgan fingerprint density at radius 1 is 1.04 bits per heavy atom. The first-order valence-electron chi connectivity index (χ1n) is 7.40. The Kier molecular flexibility index (Phi) is 6.77. The van der Waals surface area contributed by atoms with E-state index >= 15 is 0 Å². The van der Waals surface area contributed by atoms with Crippen molar-refractivity contribution in [3.8, 4) is 0 Å². The van der Waals surface area contributed by atoms with Crippen molar-refractivity contribution in [1.82, 2.24) is 10.6 Å². The molecule has 8 heteroatoms. The molecule has 0 fully saturated rings. The summed E-state index contributed by atoms with van der Waals surface area (Å²) in [5.41, 5.74) is 0.657. The molecule has 2 aromatic carbocycles. The van der Waals surface area contributed by atoms with Gasteiger partial charge < -0.3 is 15.7 Å². The molecule has 0 aliphatic heterocycles. The Morgan fingerprint density at radius 3 is 2.35 bits per heavy atom. The van der Waals surface area contributed by atoms with Gasteiger partial charge in [-0.05, 0) is 29.8 Å². The average molecular weight is 393 g/mol. The van der Waals surface area contributed by atoms with E-state index in [9.17, 15) is 14.4 Å². The smallest absolute Gasteiger partial charge is 0.322 e. The maximum absolute atomic E-state index is 12.4. The minimum atomic E-state index is -1.20. The number of amides is 2. The lowest BCUT2D eigenvalue weighted by atomic mass is 10.1. The zero-order chi connectivity index (χ0) is 19.1. The van der Waals surface area contributed by atoms with E-state index in [0.717, 1.165) is 0 Å². The number of nitrogens with one attached hydrogen (secondary N) is 2. The summed E-state index contributed by atoms with van der Waals surface area (Å²) in [6, 6.07) is 13.1. The van der Waals surface area contributed by atoms with E-state index in [1.807, 2.05) is 0 Å². The van der Waals surface area contributed by atoms with Gasteiger partial charge in [0.05, 0.1) is 10.6 Å². The van der Waals surface area contributed by atoms with E-state index in [1.54, 1.807) is 30.3 Å². The van der Waals surface area contributed by atoms with Crippen LogP contribution in [0, 0.1) is 0 Å². The molecule has 2 rings (SSSR count). The maximum Gasteiger partial charge on any atom is 0.322 e. The molecule has 0 atom stereocenters. The minimum absolute atomic E-state index is 0.117. The molecule has 3 N–H and O–H groups in total. The molecule has 0 saturated carbocycles. The first-order valence-corrected chi connectivity index (χ1v) is 8.15. The summed E-state index contributed by atoms with van der Waals surface area (Å²) in [4.78, 5) is 35.3. The van der Waals surface area contributed by atoms with E-state index in [-0.39, 0.29) is 16.3 Å². The molecule has 2 amide bonds. The summed E-state index contributed by atoms with van der Waals surface area (Å²) >= 11 is 11.8. The average Bonchev–Trinajstić information content (AvgIpc) is 2.59. The molecular formula is C18H14Cl2N2O4. The highest BCUT2D eigenvalue weighted by Gasteiger charge is 2.17. The number of halogens is 2. The number of hydrogen-bond acceptors (Lipinski definition) is 3. The topological polar surface area (TPSA) is 95.5 Å². The highest BCUT2D eigenvalue weighted by Crippen LogP contribution is 2.21. The molecule has 0 aliphatic rings. The molecule has 0 aliphatic carbocycles. The third-order valence-corrected chi connectivity index (χ3v) is 3.73. The van der Waals surface area contributed by atoms with Crippen molar-refractivity contribution < 1.29 is 19.5 Å². The highest BCUT2D eigenvalue weighted by molar-refractivity contribution is 6.36. The van der Waals surface area contributed by atoms with Crippen molar-refractivity contribution in [3.63, 3.8) is 0 Å². The van der Waals surface area contributed by atoms with Crippen LogP contribution in [0.5, 0.6) is 0 Å². The Morgan fingerprint density at radius 2 is 1.73 bits per heavy atom. The van der Waals surface area contributed by atoms with Gasteiger partial charge in [0, 0.05) is 5.02 Å². The Bertz CT molecular complexity index is 867. The fraction of sp³-hybridized carbons (Fsp3) is 0.0556. The molecule has 6 nitrogen and oxygen atoms in total. The summed E-state index contributed by atoms with van der Waals surface area (Å²) in [6.45, 7) is -0.581. The maximum atomic E-state index is 12.4. The normalized spacial score (nSPS) is 10.9. The van der Waals surface area contributed by atoms with Gasteiger partial charge in [-0.15, -0.1) is 0 Å². The van der Waals surface area contributed by atoms with Gasteiger partial charge in [0.25, 0.3) is 11.8 Å². The second-order valence-corrected chi connectivity index (χ2v) is 5.97. The molecule has 26 heavy (non-hydrogen) atoms. The van der Waals surface area contributed by atoms with Crippen LogP contribution in [-0.4, -0.2) is 29.4 Å². The van der Waals surface area contributed by atoms with Crippen molar-refractivity contribution in [3.05, 3.63) is 75.4 Å². The summed E-state index contributed by atoms with van der Waals surface area (Å²) in [5, 5.41) is 13.9. The van der Waals surface area contributed by atoms with Crippen molar-refractivity contribution in [2.24, 2.45) is 0 Å². The van der Waals surface area contributed by atoms with Crippen LogP contribution in [0.3, 0.4) is 0 Å². The van der Waals surface area contributed by atoms with Crippen LogP contribution in [0.25, 0.3) is 6.08 Å². The van der Waals surface area contributed by atoms with Gasteiger partial charge in [-0.2, -0.15) is 0 Å². The van der Waals surface area contributed by atoms with Crippen molar-refractivity contribution >= 4 is 47.1 Å². The standard InChI is InChI=1S/C18H14Cl2N2O4/c19-12-6-7-13(14(20)9-12)17(25)22-15(18(26)21-10-16(23)24)8-11-4-2-1-3-5-11/h1-9H,10H2,(H,21,26)(H,22,25)(H,23,24)/b15-8-. The van der Waals surface area contributed by atoms with Crippen LogP contribution in [0.2, 0.25) is 10.0 Å². The number of carbonyl (C=O) groups is 3. The lowest BCUT2D eigenvalue weighted by Gasteiger charge is -2.11. The number of aliphatic carboxylic acids is 1. The number of carbonyl (C=O) groups excluding carboxylic acids is 2. The predicted octanol–water partition coefficient (Wildman–Crippen LogP) is 2.97. The number of hydrogen-bond donors (Lipinski definition) is 3. The Labute approximate surface area is 159 Å². The molecule has 0 spiro atoms. The molecule has 0 heterocycles.